The first kappa shape index (κ1) is 12.3. The van der Waals surface area contributed by atoms with Gasteiger partial charge >= 0.3 is 0 Å². The van der Waals surface area contributed by atoms with Gasteiger partial charge in [-0.25, -0.2) is 4.98 Å². The van der Waals surface area contributed by atoms with E-state index in [4.69, 9.17) is 0 Å². The minimum absolute atomic E-state index is 0.177. The first-order valence-corrected chi connectivity index (χ1v) is 6.34. The molecule has 0 amide bonds. The third-order valence-corrected chi connectivity index (χ3v) is 3.09. The van der Waals surface area contributed by atoms with Crippen LogP contribution in [0.1, 0.15) is 33.6 Å². The average Bonchev–Trinajstić information content (AvgIpc) is 2.75. The molecule has 1 aromatic rings. The summed E-state index contributed by atoms with van der Waals surface area (Å²) in [6.07, 6.45) is 7.83. The summed E-state index contributed by atoms with van der Waals surface area (Å²) in [4.78, 5) is 10.9. The Balaban J connectivity index is 1.98. The summed E-state index contributed by atoms with van der Waals surface area (Å²) in [5.74, 6) is 1.01. The lowest BCUT2D eigenvalue weighted by atomic mass is 10.1. The van der Waals surface area contributed by atoms with Gasteiger partial charge in [-0.3, -0.25) is 4.98 Å². The van der Waals surface area contributed by atoms with Crippen LogP contribution in [-0.2, 0) is 0 Å². The third-order valence-electron chi connectivity index (χ3n) is 3.09. The van der Waals surface area contributed by atoms with E-state index in [1.165, 1.54) is 12.8 Å². The lowest BCUT2D eigenvalue weighted by Crippen LogP contribution is -2.45. The Morgan fingerprint density at radius 2 is 2.24 bits per heavy atom. The van der Waals surface area contributed by atoms with Crippen molar-refractivity contribution in [2.75, 3.05) is 18.0 Å². The highest BCUT2D eigenvalue weighted by Crippen LogP contribution is 2.22. The Bertz CT molecular complexity index is 344. The van der Waals surface area contributed by atoms with E-state index in [1.807, 2.05) is 6.20 Å². The maximum Gasteiger partial charge on any atom is 0.147 e. The van der Waals surface area contributed by atoms with Gasteiger partial charge in [0.25, 0.3) is 0 Å². The highest BCUT2D eigenvalue weighted by Gasteiger charge is 2.26. The molecule has 17 heavy (non-hydrogen) atoms. The molecule has 1 saturated heterocycles. The van der Waals surface area contributed by atoms with Gasteiger partial charge in [0, 0.05) is 37.1 Å². The summed E-state index contributed by atoms with van der Waals surface area (Å²) in [6.45, 7) is 8.72. The molecule has 1 aromatic heterocycles. The topological polar surface area (TPSA) is 41.0 Å². The molecule has 0 radical (unpaired) electrons. The molecule has 1 fully saturated rings. The molecule has 1 atom stereocenters. The van der Waals surface area contributed by atoms with Crippen LogP contribution in [0.3, 0.4) is 0 Å². The second kappa shape index (κ2) is 5.00. The number of aromatic nitrogens is 2. The van der Waals surface area contributed by atoms with Crippen LogP contribution >= 0.6 is 0 Å². The summed E-state index contributed by atoms with van der Waals surface area (Å²) in [5, 5.41) is 3.57. The highest BCUT2D eigenvalue weighted by atomic mass is 15.2. The molecule has 0 saturated carbocycles. The van der Waals surface area contributed by atoms with Crippen molar-refractivity contribution in [3.05, 3.63) is 18.6 Å². The summed E-state index contributed by atoms with van der Waals surface area (Å²) in [6, 6.07) is 0.547. The maximum atomic E-state index is 4.39. The lowest BCUT2D eigenvalue weighted by molar-refractivity contribution is 0.404. The van der Waals surface area contributed by atoms with Crippen LogP contribution in [0.4, 0.5) is 5.82 Å². The Morgan fingerprint density at radius 1 is 1.41 bits per heavy atom. The van der Waals surface area contributed by atoms with Crippen LogP contribution in [0.2, 0.25) is 0 Å². The second-order valence-electron chi connectivity index (χ2n) is 5.68. The normalized spacial score (nSPS) is 20.9. The molecule has 1 aliphatic heterocycles. The van der Waals surface area contributed by atoms with Crippen molar-refractivity contribution in [2.24, 2.45) is 0 Å². The second-order valence-corrected chi connectivity index (χ2v) is 5.68. The number of anilines is 1. The molecule has 0 aliphatic carbocycles. The first-order chi connectivity index (χ1) is 8.06. The summed E-state index contributed by atoms with van der Waals surface area (Å²) < 4.78 is 0. The number of nitrogens with zero attached hydrogens (tertiary/aromatic N) is 3. The SMILES string of the molecule is CC(C)(C)NCC1CCCN1c1cnccn1. The fraction of sp³-hybridized carbons (Fsp3) is 0.692. The molecular formula is C13H22N4. The van der Waals surface area contributed by atoms with Crippen LogP contribution in [0.25, 0.3) is 0 Å². The Morgan fingerprint density at radius 3 is 2.88 bits per heavy atom. The van der Waals surface area contributed by atoms with Gasteiger partial charge in [0.05, 0.1) is 6.20 Å². The van der Waals surface area contributed by atoms with Crippen molar-refractivity contribution < 1.29 is 0 Å². The molecule has 1 N–H and O–H groups in total. The van der Waals surface area contributed by atoms with E-state index in [-0.39, 0.29) is 5.54 Å². The van der Waals surface area contributed by atoms with Gasteiger partial charge < -0.3 is 10.2 Å². The van der Waals surface area contributed by atoms with E-state index >= 15 is 0 Å². The van der Waals surface area contributed by atoms with E-state index in [2.05, 4.69) is 41.0 Å². The summed E-state index contributed by atoms with van der Waals surface area (Å²) in [5.41, 5.74) is 0.177. The zero-order chi connectivity index (χ0) is 12.3. The van der Waals surface area contributed by atoms with Gasteiger partial charge in [0.15, 0.2) is 0 Å². The molecule has 0 aromatic carbocycles. The molecule has 0 spiro atoms. The molecule has 0 bridgehead atoms. The lowest BCUT2D eigenvalue weighted by Gasteiger charge is -2.29. The predicted octanol–water partition coefficient (Wildman–Crippen LogP) is 1.83. The van der Waals surface area contributed by atoms with E-state index < -0.39 is 0 Å². The number of hydrogen-bond donors (Lipinski definition) is 1. The van der Waals surface area contributed by atoms with E-state index in [0.717, 1.165) is 18.9 Å². The van der Waals surface area contributed by atoms with E-state index in [1.54, 1.807) is 12.4 Å². The molecule has 4 heteroatoms. The first-order valence-electron chi connectivity index (χ1n) is 6.34. The molecule has 1 aliphatic rings. The number of nitrogens with one attached hydrogen (secondary N) is 1. The van der Waals surface area contributed by atoms with Gasteiger partial charge in [-0.1, -0.05) is 0 Å². The largest absolute Gasteiger partial charge is 0.351 e. The minimum atomic E-state index is 0.177. The van der Waals surface area contributed by atoms with Crippen molar-refractivity contribution in [1.29, 1.82) is 0 Å². The Hall–Kier alpha value is -1.16. The van der Waals surface area contributed by atoms with Crippen molar-refractivity contribution in [1.82, 2.24) is 15.3 Å². The summed E-state index contributed by atoms with van der Waals surface area (Å²) >= 11 is 0. The van der Waals surface area contributed by atoms with Crippen molar-refractivity contribution in [3.63, 3.8) is 0 Å². The average molecular weight is 234 g/mol. The zero-order valence-corrected chi connectivity index (χ0v) is 11.0. The number of hydrogen-bond acceptors (Lipinski definition) is 4. The van der Waals surface area contributed by atoms with Crippen LogP contribution in [0.15, 0.2) is 18.6 Å². The predicted molar refractivity (Wildman–Crippen MR) is 70.2 cm³/mol. The zero-order valence-electron chi connectivity index (χ0n) is 11.0. The third kappa shape index (κ3) is 3.40. The molecule has 1 unspecified atom stereocenters. The number of rotatable bonds is 3. The van der Waals surface area contributed by atoms with Gasteiger partial charge in [-0.2, -0.15) is 0 Å². The fourth-order valence-electron chi connectivity index (χ4n) is 2.21. The molecule has 94 valence electrons. The Labute approximate surface area is 103 Å². The maximum absolute atomic E-state index is 4.39. The Kier molecular flexibility index (Phi) is 3.62. The van der Waals surface area contributed by atoms with Gasteiger partial charge in [0.2, 0.25) is 0 Å². The van der Waals surface area contributed by atoms with Crippen LogP contribution < -0.4 is 10.2 Å². The van der Waals surface area contributed by atoms with Crippen LogP contribution in [0, 0.1) is 0 Å². The van der Waals surface area contributed by atoms with Crippen molar-refractivity contribution >= 4 is 5.82 Å². The minimum Gasteiger partial charge on any atom is -0.351 e. The van der Waals surface area contributed by atoms with E-state index in [9.17, 15) is 0 Å². The standard InChI is InChI=1S/C13H22N4/c1-13(2,3)16-9-11-5-4-8-17(11)12-10-14-6-7-15-12/h6-7,10-11,16H,4-5,8-9H2,1-3H3. The molecule has 4 nitrogen and oxygen atoms in total. The van der Waals surface area contributed by atoms with Crippen molar-refractivity contribution in [3.8, 4) is 0 Å². The van der Waals surface area contributed by atoms with E-state index in [0.29, 0.717) is 6.04 Å². The summed E-state index contributed by atoms with van der Waals surface area (Å²) in [7, 11) is 0. The monoisotopic (exact) mass is 234 g/mol. The van der Waals surface area contributed by atoms with Crippen LogP contribution in [-0.4, -0.2) is 34.6 Å². The molecular weight excluding hydrogens is 212 g/mol. The van der Waals surface area contributed by atoms with Crippen LogP contribution in [0.5, 0.6) is 0 Å². The van der Waals surface area contributed by atoms with Gasteiger partial charge in [0.1, 0.15) is 5.82 Å². The fourth-order valence-corrected chi connectivity index (χ4v) is 2.21. The highest BCUT2D eigenvalue weighted by molar-refractivity contribution is 5.38. The smallest absolute Gasteiger partial charge is 0.147 e. The molecule has 2 heterocycles. The molecule has 2 rings (SSSR count). The van der Waals surface area contributed by atoms with Gasteiger partial charge in [-0.15, -0.1) is 0 Å². The van der Waals surface area contributed by atoms with Gasteiger partial charge in [-0.05, 0) is 33.6 Å². The van der Waals surface area contributed by atoms with Crippen molar-refractivity contribution in [2.45, 2.75) is 45.2 Å². The quantitative estimate of drug-likeness (QED) is 0.866.